The number of ether oxygens (including phenoxy) is 2. The van der Waals surface area contributed by atoms with Crippen molar-refractivity contribution >= 4 is 22.4 Å². The Balaban J connectivity index is 3.23. The molecule has 0 heterocycles. The molecule has 0 saturated heterocycles. The van der Waals surface area contributed by atoms with Crippen LogP contribution in [0.5, 0.6) is 5.75 Å². The molecule has 5 nitrogen and oxygen atoms in total. The number of carbonyl (C=O) groups is 1. The van der Waals surface area contributed by atoms with Crippen LogP contribution in [0.3, 0.4) is 0 Å². The molecule has 0 radical (unpaired) electrons. The summed E-state index contributed by atoms with van der Waals surface area (Å²) in [4.78, 5) is 13.9. The molecule has 1 rings (SSSR count). The zero-order chi connectivity index (χ0) is 30.2. The lowest BCUT2D eigenvalue weighted by molar-refractivity contribution is -0.136. The molecule has 1 unspecified atom stereocenters. The fourth-order valence-corrected chi connectivity index (χ4v) is 6.19. The minimum atomic E-state index is -2.20. The van der Waals surface area contributed by atoms with Crippen molar-refractivity contribution in [3.63, 3.8) is 0 Å². The predicted molar refractivity (Wildman–Crippen MR) is 170 cm³/mol. The number of Topliss-reactive ketones (excluding diaryl/α,β-unsaturated/α-hetero) is 1. The van der Waals surface area contributed by atoms with Crippen LogP contribution in [-0.2, 0) is 25.0 Å². The van der Waals surface area contributed by atoms with E-state index in [0.29, 0.717) is 13.0 Å². The van der Waals surface area contributed by atoms with E-state index < -0.39 is 28.8 Å². The van der Waals surface area contributed by atoms with E-state index in [2.05, 4.69) is 94.2 Å². The fraction of sp³-hybridized carbons (Fsp3) is 0.656. The van der Waals surface area contributed by atoms with E-state index in [4.69, 9.17) is 18.3 Å². The van der Waals surface area contributed by atoms with Crippen LogP contribution in [0.4, 0.5) is 0 Å². The number of benzene rings is 1. The van der Waals surface area contributed by atoms with Gasteiger partial charge in [0, 0.05) is 6.10 Å². The third kappa shape index (κ3) is 10.8. The molecule has 0 N–H and O–H groups in total. The molecule has 1 aromatic carbocycles. The highest BCUT2D eigenvalue weighted by atomic mass is 28.4. The minimum Gasteiger partial charge on any atom is -0.497 e. The molecule has 7 heteroatoms. The van der Waals surface area contributed by atoms with Crippen LogP contribution in [0.15, 0.2) is 49.1 Å². The first-order valence-electron chi connectivity index (χ1n) is 14.2. The smallest absolute Gasteiger partial charge is 0.193 e. The quantitative estimate of drug-likeness (QED) is 0.154. The molecule has 0 spiro atoms. The zero-order valence-corrected chi connectivity index (χ0v) is 29.0. The maximum absolute atomic E-state index is 13.9. The average Bonchev–Trinajstić information content (AvgIpc) is 2.81. The van der Waals surface area contributed by atoms with Crippen molar-refractivity contribution < 1.29 is 23.1 Å². The van der Waals surface area contributed by atoms with Gasteiger partial charge in [-0.3, -0.25) is 4.79 Å². The molecule has 0 fully saturated rings. The zero-order valence-electron chi connectivity index (χ0n) is 27.0. The Kier molecular flexibility index (Phi) is 13.1. The third-order valence-electron chi connectivity index (χ3n) is 8.43. The average molecular weight is 577 g/mol. The van der Waals surface area contributed by atoms with Crippen molar-refractivity contribution in [1.29, 1.82) is 0 Å². The van der Waals surface area contributed by atoms with Crippen molar-refractivity contribution in [3.8, 4) is 5.75 Å². The van der Waals surface area contributed by atoms with Crippen molar-refractivity contribution in [3.05, 3.63) is 54.6 Å². The van der Waals surface area contributed by atoms with Gasteiger partial charge in [0.25, 0.3) is 0 Å². The maximum Gasteiger partial charge on any atom is 0.193 e. The van der Waals surface area contributed by atoms with Crippen LogP contribution < -0.4 is 4.74 Å². The van der Waals surface area contributed by atoms with E-state index in [-0.39, 0.29) is 27.9 Å². The molecule has 222 valence electrons. The third-order valence-corrected chi connectivity index (χ3v) is 17.5. The van der Waals surface area contributed by atoms with Crippen LogP contribution in [0.2, 0.25) is 36.3 Å². The van der Waals surface area contributed by atoms with Gasteiger partial charge in [-0.15, -0.1) is 6.58 Å². The molecule has 4 atom stereocenters. The second-order valence-electron chi connectivity index (χ2n) is 13.7. The van der Waals surface area contributed by atoms with Gasteiger partial charge in [0.1, 0.15) is 18.0 Å². The number of ketones is 1. The first-order valence-corrected chi connectivity index (χ1v) is 20.0. The van der Waals surface area contributed by atoms with Gasteiger partial charge in [-0.25, -0.2) is 0 Å². The van der Waals surface area contributed by atoms with Gasteiger partial charge >= 0.3 is 0 Å². The molecule has 0 aliphatic heterocycles. The van der Waals surface area contributed by atoms with Gasteiger partial charge in [-0.05, 0) is 73.2 Å². The summed E-state index contributed by atoms with van der Waals surface area (Å²) in [6.45, 7) is 30.6. The molecular formula is C32H56O5Si2. The lowest BCUT2D eigenvalue weighted by atomic mass is 10.0. The fourth-order valence-electron chi connectivity index (χ4n) is 3.41. The van der Waals surface area contributed by atoms with Crippen LogP contribution in [0, 0.1) is 5.92 Å². The maximum atomic E-state index is 13.9. The van der Waals surface area contributed by atoms with Crippen molar-refractivity contribution in [1.82, 2.24) is 0 Å². The predicted octanol–water partition coefficient (Wildman–Crippen LogP) is 8.72. The van der Waals surface area contributed by atoms with E-state index >= 15 is 0 Å². The summed E-state index contributed by atoms with van der Waals surface area (Å²) in [5.74, 6) is 0.817. The number of rotatable bonds is 15. The Labute approximate surface area is 241 Å². The first-order chi connectivity index (χ1) is 17.8. The summed E-state index contributed by atoms with van der Waals surface area (Å²) < 4.78 is 24.7. The van der Waals surface area contributed by atoms with Gasteiger partial charge in [-0.1, -0.05) is 78.8 Å². The van der Waals surface area contributed by atoms with Crippen molar-refractivity contribution in [2.45, 2.75) is 123 Å². The molecule has 0 aliphatic carbocycles. The minimum absolute atomic E-state index is 0.0203. The molecule has 0 amide bonds. The summed E-state index contributed by atoms with van der Waals surface area (Å²) in [6.07, 6.45) is 4.83. The highest BCUT2D eigenvalue weighted by Crippen LogP contribution is 2.39. The molecule has 1 aromatic rings. The molecule has 0 saturated carbocycles. The number of carbonyl (C=O) groups excluding carboxylic acids is 1. The Morgan fingerprint density at radius 1 is 0.897 bits per heavy atom. The van der Waals surface area contributed by atoms with E-state index in [1.54, 1.807) is 13.2 Å². The molecule has 0 bridgehead atoms. The Morgan fingerprint density at radius 2 is 1.41 bits per heavy atom. The highest BCUT2D eigenvalue weighted by molar-refractivity contribution is 6.74. The van der Waals surface area contributed by atoms with Crippen molar-refractivity contribution in [2.24, 2.45) is 5.92 Å². The van der Waals surface area contributed by atoms with Crippen LogP contribution in [0.25, 0.3) is 0 Å². The molecule has 39 heavy (non-hydrogen) atoms. The monoisotopic (exact) mass is 576 g/mol. The van der Waals surface area contributed by atoms with Gasteiger partial charge in [0.05, 0.1) is 13.7 Å². The van der Waals surface area contributed by atoms with Gasteiger partial charge < -0.3 is 18.3 Å². The highest BCUT2D eigenvalue weighted by Gasteiger charge is 2.42. The Hall–Kier alpha value is -1.52. The largest absolute Gasteiger partial charge is 0.497 e. The Bertz CT molecular complexity index is 939. The summed E-state index contributed by atoms with van der Waals surface area (Å²) in [5.41, 5.74) is 0.968. The summed E-state index contributed by atoms with van der Waals surface area (Å²) in [6, 6.07) is 7.70. The van der Waals surface area contributed by atoms with Crippen LogP contribution >= 0.6 is 0 Å². The van der Waals surface area contributed by atoms with E-state index in [0.717, 1.165) is 11.3 Å². The molecule has 0 aromatic heterocycles. The Morgan fingerprint density at radius 3 is 1.87 bits per heavy atom. The first kappa shape index (κ1) is 35.5. The normalized spacial score (nSPS) is 16.5. The topological polar surface area (TPSA) is 54.0 Å². The second-order valence-corrected chi connectivity index (χ2v) is 23.2. The lowest BCUT2D eigenvalue weighted by Gasteiger charge is -2.39. The number of methoxy groups -OCH3 is 1. The van der Waals surface area contributed by atoms with E-state index in [9.17, 15) is 4.79 Å². The molecular weight excluding hydrogens is 521 g/mol. The van der Waals surface area contributed by atoms with E-state index in [1.165, 1.54) is 0 Å². The van der Waals surface area contributed by atoms with Crippen LogP contribution in [-0.4, -0.2) is 47.8 Å². The van der Waals surface area contributed by atoms with E-state index in [1.807, 2.05) is 30.3 Å². The summed E-state index contributed by atoms with van der Waals surface area (Å²) in [5, 5.41) is 0.108. The number of hydrogen-bond acceptors (Lipinski definition) is 5. The van der Waals surface area contributed by atoms with Gasteiger partial charge in [0.2, 0.25) is 0 Å². The summed E-state index contributed by atoms with van der Waals surface area (Å²) in [7, 11) is -2.47. The SMILES string of the molecule is C=CC[C@H](O[Si](C)(C)C(C)(C)C)C(=O)[C@@H](/C=C\[C@@H](C)C(C)O[Si](C)(C)C(C)(C)C)OCc1ccc(OC)cc1. The van der Waals surface area contributed by atoms with Crippen LogP contribution in [0.1, 0.15) is 67.4 Å². The lowest BCUT2D eigenvalue weighted by Crippen LogP contribution is -2.48. The molecule has 0 aliphatic rings. The summed E-state index contributed by atoms with van der Waals surface area (Å²) >= 11 is 0. The van der Waals surface area contributed by atoms with Crippen molar-refractivity contribution in [2.75, 3.05) is 7.11 Å². The number of hydrogen-bond donors (Lipinski definition) is 0. The van der Waals surface area contributed by atoms with Gasteiger partial charge in [-0.2, -0.15) is 0 Å². The van der Waals surface area contributed by atoms with Gasteiger partial charge in [0.15, 0.2) is 22.4 Å². The second kappa shape index (κ2) is 14.4. The standard InChI is InChI=1S/C32H56O5Si2/c1-15-16-29(37-39(13,14)32(7,8)9)30(33)28(35-23-26-18-20-27(34-10)21-19-26)22-17-24(2)25(3)36-38(11,12)31(4,5)6/h15,17-22,24-25,28-29H,1,16,23H2,2-14H3/b22-17-/t24-,25?,28-,29+/m1/s1.